The highest BCUT2D eigenvalue weighted by Crippen LogP contribution is 2.47. The average Bonchev–Trinajstić information content (AvgIpc) is 3.19. The maximum atomic E-state index is 13.5. The van der Waals surface area contributed by atoms with Gasteiger partial charge in [-0.25, -0.2) is 8.42 Å². The van der Waals surface area contributed by atoms with Crippen LogP contribution in [0.5, 0.6) is 0 Å². The zero-order chi connectivity index (χ0) is 19.3. The minimum absolute atomic E-state index is 0.0902. The van der Waals surface area contributed by atoms with Gasteiger partial charge in [0.15, 0.2) is 0 Å². The Labute approximate surface area is 162 Å². The smallest absolute Gasteiger partial charge is 0.245 e. The Bertz CT molecular complexity index is 943. The molecular formula is C21H29N3O2S. The van der Waals surface area contributed by atoms with Crippen molar-refractivity contribution in [3.05, 3.63) is 36.0 Å². The van der Waals surface area contributed by atoms with E-state index in [0.717, 1.165) is 23.8 Å². The molecule has 6 heteroatoms. The fourth-order valence-corrected chi connectivity index (χ4v) is 6.75. The molecular weight excluding hydrogens is 358 g/mol. The van der Waals surface area contributed by atoms with Gasteiger partial charge in [0.1, 0.15) is 4.90 Å². The lowest BCUT2D eigenvalue weighted by Gasteiger charge is -2.27. The third kappa shape index (κ3) is 3.28. The minimum atomic E-state index is -3.57. The van der Waals surface area contributed by atoms with Gasteiger partial charge in [0, 0.05) is 30.7 Å². The molecule has 4 atom stereocenters. The molecule has 5 nitrogen and oxygen atoms in total. The van der Waals surface area contributed by atoms with Crippen LogP contribution in [0, 0.1) is 18.8 Å². The van der Waals surface area contributed by atoms with E-state index in [0.29, 0.717) is 28.3 Å². The molecule has 2 unspecified atom stereocenters. The van der Waals surface area contributed by atoms with Crippen molar-refractivity contribution in [2.75, 3.05) is 21.1 Å². The van der Waals surface area contributed by atoms with Crippen molar-refractivity contribution in [1.29, 1.82) is 0 Å². The van der Waals surface area contributed by atoms with Crippen LogP contribution in [0.2, 0.25) is 0 Å². The van der Waals surface area contributed by atoms with Crippen LogP contribution in [-0.4, -0.2) is 55.8 Å². The van der Waals surface area contributed by atoms with Crippen molar-refractivity contribution in [1.82, 2.24) is 14.2 Å². The number of hydrogen-bond acceptors (Lipinski definition) is 4. The first-order valence-electron chi connectivity index (χ1n) is 9.77. The maximum Gasteiger partial charge on any atom is 0.245 e. The molecule has 0 bridgehead atoms. The number of aryl methyl sites for hydroxylation is 1. The van der Waals surface area contributed by atoms with Crippen molar-refractivity contribution >= 4 is 20.9 Å². The number of aromatic nitrogens is 1. The number of fused-ring (bicyclic) bond motifs is 2. The van der Waals surface area contributed by atoms with E-state index in [1.54, 1.807) is 23.6 Å². The second-order valence-corrected chi connectivity index (χ2v) is 10.6. The van der Waals surface area contributed by atoms with Gasteiger partial charge in [-0.2, -0.15) is 4.31 Å². The normalized spacial score (nSPS) is 28.4. The maximum absolute atomic E-state index is 13.5. The van der Waals surface area contributed by atoms with Crippen molar-refractivity contribution in [3.8, 4) is 0 Å². The zero-order valence-electron chi connectivity index (χ0n) is 16.6. The van der Waals surface area contributed by atoms with Gasteiger partial charge in [0.2, 0.25) is 10.0 Å². The van der Waals surface area contributed by atoms with E-state index in [2.05, 4.69) is 24.0 Å². The molecule has 1 aromatic carbocycles. The van der Waals surface area contributed by atoms with E-state index < -0.39 is 10.0 Å². The fourth-order valence-electron chi connectivity index (χ4n) is 5.12. The van der Waals surface area contributed by atoms with Gasteiger partial charge in [-0.3, -0.25) is 4.98 Å². The van der Waals surface area contributed by atoms with E-state index in [1.165, 1.54) is 12.8 Å². The van der Waals surface area contributed by atoms with Crippen molar-refractivity contribution in [2.24, 2.45) is 11.8 Å². The van der Waals surface area contributed by atoms with Gasteiger partial charge in [0.05, 0.1) is 5.52 Å². The molecule has 1 aromatic heterocycles. The van der Waals surface area contributed by atoms with E-state index in [-0.39, 0.29) is 6.04 Å². The highest BCUT2D eigenvalue weighted by Gasteiger charge is 2.45. The highest BCUT2D eigenvalue weighted by atomic mass is 32.2. The van der Waals surface area contributed by atoms with Crippen LogP contribution < -0.4 is 0 Å². The second-order valence-electron chi connectivity index (χ2n) is 8.59. The van der Waals surface area contributed by atoms with Crippen molar-refractivity contribution in [2.45, 2.75) is 49.6 Å². The van der Waals surface area contributed by atoms with Crippen LogP contribution >= 0.6 is 0 Å². The van der Waals surface area contributed by atoms with E-state index in [4.69, 9.17) is 0 Å². The highest BCUT2D eigenvalue weighted by molar-refractivity contribution is 7.89. The standard InChI is InChI=1S/C21H29N3O2S/c1-14-8-15-6-5-7-22-21(15)20(9-14)27(25,26)24(4)19-12-16-10-18(23(2)3)11-17(16)13-19/h5-9,16-19H,10-13H2,1-4H3/t16-,17+,18?,19?. The van der Waals surface area contributed by atoms with Crippen LogP contribution in [0.1, 0.15) is 31.2 Å². The Balaban J connectivity index is 1.61. The molecule has 2 aliphatic carbocycles. The average molecular weight is 388 g/mol. The van der Waals surface area contributed by atoms with Crippen molar-refractivity contribution in [3.63, 3.8) is 0 Å². The molecule has 2 aliphatic rings. The molecule has 0 N–H and O–H groups in total. The molecule has 0 amide bonds. The van der Waals surface area contributed by atoms with Crippen LogP contribution in [0.25, 0.3) is 10.9 Å². The number of hydrogen-bond donors (Lipinski definition) is 0. The molecule has 2 aromatic rings. The van der Waals surface area contributed by atoms with Gasteiger partial charge >= 0.3 is 0 Å². The van der Waals surface area contributed by atoms with Crippen molar-refractivity contribution < 1.29 is 8.42 Å². The summed E-state index contributed by atoms with van der Waals surface area (Å²) in [7, 11) is 2.48. The van der Waals surface area contributed by atoms with Gasteiger partial charge < -0.3 is 4.90 Å². The summed E-state index contributed by atoms with van der Waals surface area (Å²) in [6.07, 6.45) is 6.00. The Morgan fingerprint density at radius 1 is 1.00 bits per heavy atom. The Morgan fingerprint density at radius 2 is 1.63 bits per heavy atom. The molecule has 27 heavy (non-hydrogen) atoms. The first-order chi connectivity index (χ1) is 12.8. The van der Waals surface area contributed by atoms with Crippen LogP contribution in [0.15, 0.2) is 35.4 Å². The fraction of sp³-hybridized carbons (Fsp3) is 0.571. The van der Waals surface area contributed by atoms with Gasteiger partial charge in [0.25, 0.3) is 0 Å². The van der Waals surface area contributed by atoms with Gasteiger partial charge in [-0.1, -0.05) is 6.07 Å². The van der Waals surface area contributed by atoms with Gasteiger partial charge in [-0.05, 0) is 82.3 Å². The number of pyridine rings is 1. The third-order valence-corrected chi connectivity index (χ3v) is 8.61. The summed E-state index contributed by atoms with van der Waals surface area (Å²) in [4.78, 5) is 7.03. The third-order valence-electron chi connectivity index (χ3n) is 6.68. The summed E-state index contributed by atoms with van der Waals surface area (Å²) in [5, 5.41) is 0.876. The first kappa shape index (κ1) is 18.8. The quantitative estimate of drug-likeness (QED) is 0.808. The molecule has 0 radical (unpaired) electrons. The summed E-state index contributed by atoms with van der Waals surface area (Å²) < 4.78 is 28.5. The monoisotopic (exact) mass is 387 g/mol. The van der Waals surface area contributed by atoms with Crippen LogP contribution in [0.3, 0.4) is 0 Å². The summed E-state index contributed by atoms with van der Waals surface area (Å²) >= 11 is 0. The predicted molar refractivity (Wildman–Crippen MR) is 108 cm³/mol. The Hall–Kier alpha value is -1.50. The summed E-state index contributed by atoms with van der Waals surface area (Å²) in [5.41, 5.74) is 1.51. The number of nitrogens with zero attached hydrogens (tertiary/aromatic N) is 3. The number of benzene rings is 1. The largest absolute Gasteiger partial charge is 0.306 e. The lowest BCUT2D eigenvalue weighted by molar-refractivity contribution is 0.268. The molecule has 146 valence electrons. The predicted octanol–water partition coefficient (Wildman–Crippen LogP) is 3.28. The van der Waals surface area contributed by atoms with E-state index in [9.17, 15) is 8.42 Å². The first-order valence-corrected chi connectivity index (χ1v) is 11.2. The van der Waals surface area contributed by atoms with Crippen LogP contribution in [0.4, 0.5) is 0 Å². The molecule has 0 aliphatic heterocycles. The molecule has 4 rings (SSSR count). The van der Waals surface area contributed by atoms with E-state index in [1.807, 2.05) is 25.1 Å². The summed E-state index contributed by atoms with van der Waals surface area (Å²) in [5.74, 6) is 1.29. The van der Waals surface area contributed by atoms with E-state index >= 15 is 0 Å². The molecule has 2 fully saturated rings. The second kappa shape index (κ2) is 6.83. The number of rotatable bonds is 4. The molecule has 0 spiro atoms. The SMILES string of the molecule is Cc1cc(S(=O)(=O)N(C)C2C[C@H]3CC(N(C)C)C[C@H]3C2)c2ncccc2c1. The zero-order valence-corrected chi connectivity index (χ0v) is 17.4. The number of sulfonamides is 1. The topological polar surface area (TPSA) is 53.5 Å². The lowest BCUT2D eigenvalue weighted by atomic mass is 10.0. The summed E-state index contributed by atoms with van der Waals surface area (Å²) in [6, 6.07) is 8.26. The Morgan fingerprint density at radius 3 is 2.26 bits per heavy atom. The molecule has 2 saturated carbocycles. The summed E-state index contributed by atoms with van der Waals surface area (Å²) in [6.45, 7) is 1.94. The Kier molecular flexibility index (Phi) is 4.77. The van der Waals surface area contributed by atoms with Gasteiger partial charge in [-0.15, -0.1) is 0 Å². The van der Waals surface area contributed by atoms with Crippen LogP contribution in [-0.2, 0) is 10.0 Å². The molecule has 1 heterocycles. The molecule has 0 saturated heterocycles. The minimum Gasteiger partial charge on any atom is -0.306 e. The lowest BCUT2D eigenvalue weighted by Crippen LogP contribution is -2.36.